The highest BCUT2D eigenvalue weighted by molar-refractivity contribution is 7.89. The van der Waals surface area contributed by atoms with Crippen LogP contribution in [0, 0.1) is 13.8 Å². The van der Waals surface area contributed by atoms with Crippen LogP contribution in [-0.4, -0.2) is 37.0 Å². The molecule has 1 aliphatic heterocycles. The van der Waals surface area contributed by atoms with Crippen LogP contribution in [0.1, 0.15) is 22.6 Å². The van der Waals surface area contributed by atoms with Crippen LogP contribution >= 0.6 is 11.3 Å². The lowest BCUT2D eigenvalue weighted by molar-refractivity contribution is 0.213. The number of sulfonamides is 1. The maximum absolute atomic E-state index is 12.5. The molecule has 0 bridgehead atoms. The molecule has 1 aliphatic rings. The van der Waals surface area contributed by atoms with Gasteiger partial charge in [0.15, 0.2) is 0 Å². The zero-order valence-corrected chi connectivity index (χ0v) is 11.6. The molecule has 6 heteroatoms. The smallest absolute Gasteiger partial charge is 0.244 e. The van der Waals surface area contributed by atoms with Crippen LogP contribution in [0.15, 0.2) is 11.0 Å². The van der Waals surface area contributed by atoms with Gasteiger partial charge in [-0.05, 0) is 32.8 Å². The van der Waals surface area contributed by atoms with Gasteiger partial charge in [-0.2, -0.15) is 4.31 Å². The van der Waals surface area contributed by atoms with E-state index < -0.39 is 10.0 Å². The molecule has 2 heterocycles. The van der Waals surface area contributed by atoms with Gasteiger partial charge in [-0.15, -0.1) is 11.3 Å². The average Bonchev–Trinajstić information content (AvgIpc) is 2.84. The fourth-order valence-corrected chi connectivity index (χ4v) is 5.51. The van der Waals surface area contributed by atoms with Gasteiger partial charge in [0.25, 0.3) is 0 Å². The molecule has 1 aromatic heterocycles. The Bertz CT molecular complexity index is 507. The number of rotatable bonds is 3. The summed E-state index contributed by atoms with van der Waals surface area (Å²) in [5.41, 5.74) is 0. The number of hydrogen-bond donors (Lipinski definition) is 1. The molecule has 0 spiro atoms. The third-order valence-electron chi connectivity index (χ3n) is 3.12. The summed E-state index contributed by atoms with van der Waals surface area (Å²) < 4.78 is 26.4. The standard InChI is InChI=1S/C11H17NO3S2/c1-8-6-11(9(2)16-8)17(14,15)12-5-3-4-10(12)7-13/h6,10,13H,3-5,7H2,1-2H3/t10-/m1/s1. The first-order valence-electron chi connectivity index (χ1n) is 5.66. The molecule has 17 heavy (non-hydrogen) atoms. The van der Waals surface area contributed by atoms with E-state index in [1.807, 2.05) is 13.8 Å². The molecule has 1 fully saturated rings. The molecule has 0 aliphatic carbocycles. The van der Waals surface area contributed by atoms with Crippen LogP contribution in [0.4, 0.5) is 0 Å². The summed E-state index contributed by atoms with van der Waals surface area (Å²) >= 11 is 1.50. The maximum Gasteiger partial charge on any atom is 0.244 e. The lowest BCUT2D eigenvalue weighted by atomic mass is 10.2. The van der Waals surface area contributed by atoms with Crippen molar-refractivity contribution in [1.29, 1.82) is 0 Å². The Labute approximate surface area is 106 Å². The van der Waals surface area contributed by atoms with Crippen LogP contribution < -0.4 is 0 Å². The number of aliphatic hydroxyl groups is 1. The first-order chi connectivity index (χ1) is 7.96. The average molecular weight is 275 g/mol. The van der Waals surface area contributed by atoms with Crippen molar-refractivity contribution in [3.05, 3.63) is 15.8 Å². The van der Waals surface area contributed by atoms with Gasteiger partial charge in [-0.25, -0.2) is 8.42 Å². The molecule has 0 saturated carbocycles. The van der Waals surface area contributed by atoms with Crippen molar-refractivity contribution in [3.8, 4) is 0 Å². The SMILES string of the molecule is Cc1cc(S(=O)(=O)N2CCC[C@@H]2CO)c(C)s1. The van der Waals surface area contributed by atoms with Crippen molar-refractivity contribution < 1.29 is 13.5 Å². The molecule has 0 radical (unpaired) electrons. The van der Waals surface area contributed by atoms with Crippen molar-refractivity contribution >= 4 is 21.4 Å². The third kappa shape index (κ3) is 2.27. The first kappa shape index (κ1) is 13.0. The van der Waals surface area contributed by atoms with Crippen molar-refractivity contribution in [2.75, 3.05) is 13.2 Å². The molecular weight excluding hydrogens is 258 g/mol. The van der Waals surface area contributed by atoms with E-state index in [9.17, 15) is 13.5 Å². The fourth-order valence-electron chi connectivity index (χ4n) is 2.30. The second kappa shape index (κ2) is 4.68. The summed E-state index contributed by atoms with van der Waals surface area (Å²) in [6.07, 6.45) is 1.57. The molecular formula is C11H17NO3S2. The van der Waals surface area contributed by atoms with Crippen LogP contribution in [0.25, 0.3) is 0 Å². The van der Waals surface area contributed by atoms with Gasteiger partial charge in [0.1, 0.15) is 0 Å². The van der Waals surface area contributed by atoms with Gasteiger partial charge in [0, 0.05) is 22.3 Å². The number of aryl methyl sites for hydroxylation is 2. The van der Waals surface area contributed by atoms with E-state index in [-0.39, 0.29) is 12.6 Å². The Morgan fingerprint density at radius 3 is 2.76 bits per heavy atom. The van der Waals surface area contributed by atoms with Gasteiger partial charge in [-0.3, -0.25) is 0 Å². The molecule has 1 aromatic rings. The van der Waals surface area contributed by atoms with Gasteiger partial charge >= 0.3 is 0 Å². The zero-order valence-electron chi connectivity index (χ0n) is 10.0. The van der Waals surface area contributed by atoms with Gasteiger partial charge in [0.2, 0.25) is 10.0 Å². The van der Waals surface area contributed by atoms with E-state index in [2.05, 4.69) is 0 Å². The highest BCUT2D eigenvalue weighted by atomic mass is 32.2. The molecule has 1 saturated heterocycles. The molecule has 96 valence electrons. The van der Waals surface area contributed by atoms with Crippen LogP contribution in [0.5, 0.6) is 0 Å². The number of nitrogens with zero attached hydrogens (tertiary/aromatic N) is 1. The van der Waals surface area contributed by atoms with E-state index in [1.54, 1.807) is 6.07 Å². The number of hydrogen-bond acceptors (Lipinski definition) is 4. The maximum atomic E-state index is 12.5. The predicted molar refractivity (Wildman–Crippen MR) is 67.8 cm³/mol. The van der Waals surface area contributed by atoms with Crippen molar-refractivity contribution in [3.63, 3.8) is 0 Å². The summed E-state index contributed by atoms with van der Waals surface area (Å²) in [5.74, 6) is 0. The molecule has 4 nitrogen and oxygen atoms in total. The summed E-state index contributed by atoms with van der Waals surface area (Å²) in [6, 6.07) is 1.47. The highest BCUT2D eigenvalue weighted by Gasteiger charge is 2.36. The van der Waals surface area contributed by atoms with E-state index in [0.29, 0.717) is 11.4 Å². The topological polar surface area (TPSA) is 57.6 Å². The minimum Gasteiger partial charge on any atom is -0.395 e. The summed E-state index contributed by atoms with van der Waals surface area (Å²) in [6.45, 7) is 4.15. The Balaban J connectivity index is 2.39. The van der Waals surface area contributed by atoms with Gasteiger partial charge in [-0.1, -0.05) is 0 Å². The zero-order chi connectivity index (χ0) is 12.6. The first-order valence-corrected chi connectivity index (χ1v) is 7.92. The molecule has 0 unspecified atom stereocenters. The quantitative estimate of drug-likeness (QED) is 0.909. The predicted octanol–water partition coefficient (Wildman–Crippen LogP) is 1.51. The normalized spacial score (nSPS) is 22.2. The largest absolute Gasteiger partial charge is 0.395 e. The van der Waals surface area contributed by atoms with Crippen LogP contribution in [0.3, 0.4) is 0 Å². The lowest BCUT2D eigenvalue weighted by Crippen LogP contribution is -2.37. The van der Waals surface area contributed by atoms with Gasteiger partial charge < -0.3 is 5.11 Å². The third-order valence-corrected chi connectivity index (χ3v) is 6.29. The molecule has 1 atom stereocenters. The Kier molecular flexibility index (Phi) is 3.58. The molecule has 1 N–H and O–H groups in total. The lowest BCUT2D eigenvalue weighted by Gasteiger charge is -2.22. The summed E-state index contributed by atoms with van der Waals surface area (Å²) in [5, 5.41) is 9.22. The Morgan fingerprint density at radius 1 is 1.53 bits per heavy atom. The number of thiophene rings is 1. The van der Waals surface area contributed by atoms with E-state index in [0.717, 1.165) is 22.6 Å². The van der Waals surface area contributed by atoms with Crippen LogP contribution in [-0.2, 0) is 10.0 Å². The number of aliphatic hydroxyl groups excluding tert-OH is 1. The highest BCUT2D eigenvalue weighted by Crippen LogP contribution is 2.31. The second-order valence-electron chi connectivity index (χ2n) is 4.37. The Morgan fingerprint density at radius 2 is 2.24 bits per heavy atom. The summed E-state index contributed by atoms with van der Waals surface area (Å²) in [4.78, 5) is 2.23. The van der Waals surface area contributed by atoms with E-state index in [1.165, 1.54) is 15.6 Å². The molecule has 0 aromatic carbocycles. The Hall–Kier alpha value is -0.430. The second-order valence-corrected chi connectivity index (χ2v) is 7.69. The van der Waals surface area contributed by atoms with E-state index >= 15 is 0 Å². The minimum absolute atomic E-state index is 0.0958. The van der Waals surface area contributed by atoms with Gasteiger partial charge in [0.05, 0.1) is 11.5 Å². The van der Waals surface area contributed by atoms with Crippen molar-refractivity contribution in [1.82, 2.24) is 4.31 Å². The monoisotopic (exact) mass is 275 g/mol. The minimum atomic E-state index is -3.43. The summed E-state index contributed by atoms with van der Waals surface area (Å²) in [7, 11) is -3.43. The van der Waals surface area contributed by atoms with Crippen molar-refractivity contribution in [2.24, 2.45) is 0 Å². The molecule has 0 amide bonds. The fraction of sp³-hybridized carbons (Fsp3) is 0.636. The molecule has 2 rings (SSSR count). The van der Waals surface area contributed by atoms with Crippen LogP contribution in [0.2, 0.25) is 0 Å². The van der Waals surface area contributed by atoms with E-state index in [4.69, 9.17) is 0 Å². The van der Waals surface area contributed by atoms with Crippen molar-refractivity contribution in [2.45, 2.75) is 37.6 Å².